The number of nitrogens with zero attached hydrogens (tertiary/aromatic N) is 4. The first-order valence-corrected chi connectivity index (χ1v) is 10.3. The van der Waals surface area contributed by atoms with Crippen molar-refractivity contribution < 1.29 is 14.3 Å². The Kier molecular flexibility index (Phi) is 6.66. The number of amides is 1. The average Bonchev–Trinajstić information content (AvgIpc) is 2.91. The molecule has 3 rings (SSSR count). The van der Waals surface area contributed by atoms with Crippen LogP contribution >= 0.6 is 11.8 Å². The SMILES string of the molecule is COc1ccc(-c2nnc(S[C@@H](C)C(=O)N3CCCCCC3)n2N)c(OC)c1. The van der Waals surface area contributed by atoms with Crippen LogP contribution in [0, 0.1) is 0 Å². The molecule has 2 aromatic rings. The van der Waals surface area contributed by atoms with Crippen LogP contribution in [0.5, 0.6) is 11.5 Å². The summed E-state index contributed by atoms with van der Waals surface area (Å²) in [7, 11) is 3.17. The van der Waals surface area contributed by atoms with Crippen LogP contribution in [0.2, 0.25) is 0 Å². The summed E-state index contributed by atoms with van der Waals surface area (Å²) in [5.41, 5.74) is 0.705. The van der Waals surface area contributed by atoms with E-state index >= 15 is 0 Å². The number of carbonyl (C=O) groups excluding carboxylic acids is 1. The van der Waals surface area contributed by atoms with E-state index in [9.17, 15) is 4.79 Å². The second-order valence-corrected chi connectivity index (χ2v) is 8.05. The summed E-state index contributed by atoms with van der Waals surface area (Å²) in [6.45, 7) is 3.54. The molecule has 0 radical (unpaired) electrons. The van der Waals surface area contributed by atoms with Gasteiger partial charge >= 0.3 is 0 Å². The largest absolute Gasteiger partial charge is 0.497 e. The Morgan fingerprint density at radius 1 is 1.14 bits per heavy atom. The van der Waals surface area contributed by atoms with E-state index in [1.165, 1.54) is 29.3 Å². The van der Waals surface area contributed by atoms with Crippen LogP contribution in [0.15, 0.2) is 23.4 Å². The monoisotopic (exact) mass is 405 g/mol. The molecule has 1 aromatic carbocycles. The van der Waals surface area contributed by atoms with Gasteiger partial charge in [0, 0.05) is 19.2 Å². The molecule has 28 heavy (non-hydrogen) atoms. The van der Waals surface area contributed by atoms with E-state index in [4.69, 9.17) is 15.3 Å². The molecule has 0 aliphatic carbocycles. The van der Waals surface area contributed by atoms with Crippen molar-refractivity contribution >= 4 is 17.7 Å². The van der Waals surface area contributed by atoms with E-state index in [0.29, 0.717) is 28.0 Å². The first-order valence-electron chi connectivity index (χ1n) is 9.43. The fourth-order valence-corrected chi connectivity index (χ4v) is 4.14. The number of ether oxygens (including phenoxy) is 2. The van der Waals surface area contributed by atoms with Crippen LogP contribution in [0.4, 0.5) is 0 Å². The van der Waals surface area contributed by atoms with Crippen LogP contribution < -0.4 is 15.3 Å². The van der Waals surface area contributed by atoms with Crippen LogP contribution in [-0.2, 0) is 4.79 Å². The number of thioether (sulfide) groups is 1. The average molecular weight is 406 g/mol. The lowest BCUT2D eigenvalue weighted by molar-refractivity contribution is -0.130. The molecule has 1 atom stereocenters. The Bertz CT molecular complexity index is 818. The summed E-state index contributed by atoms with van der Waals surface area (Å²) in [5, 5.41) is 8.61. The zero-order valence-corrected chi connectivity index (χ0v) is 17.4. The van der Waals surface area contributed by atoms with Gasteiger partial charge in [0.25, 0.3) is 0 Å². The first-order chi connectivity index (χ1) is 13.5. The third-order valence-corrected chi connectivity index (χ3v) is 5.91. The molecular weight excluding hydrogens is 378 g/mol. The molecule has 1 aromatic heterocycles. The van der Waals surface area contributed by atoms with Gasteiger partial charge < -0.3 is 20.2 Å². The molecular formula is C19H27N5O3S. The van der Waals surface area contributed by atoms with Crippen molar-refractivity contribution in [2.45, 2.75) is 43.0 Å². The highest BCUT2D eigenvalue weighted by atomic mass is 32.2. The standard InChI is InChI=1S/C19H27N5O3S/c1-13(18(25)23-10-6-4-5-7-11-23)28-19-22-21-17(24(19)20)15-9-8-14(26-2)12-16(15)27-3/h8-9,12-13H,4-7,10-11,20H2,1-3H3/t13-/m0/s1. The van der Waals surface area contributed by atoms with Gasteiger partial charge in [-0.1, -0.05) is 24.6 Å². The molecule has 2 heterocycles. The lowest BCUT2D eigenvalue weighted by Crippen LogP contribution is -2.37. The van der Waals surface area contributed by atoms with Gasteiger partial charge in [-0.2, -0.15) is 0 Å². The second kappa shape index (κ2) is 9.18. The summed E-state index contributed by atoms with van der Waals surface area (Å²) in [6.07, 6.45) is 4.51. The number of carbonyl (C=O) groups is 1. The molecule has 8 nitrogen and oxygen atoms in total. The number of hydrogen-bond acceptors (Lipinski definition) is 7. The normalized spacial score (nSPS) is 15.8. The molecule has 1 amide bonds. The number of benzene rings is 1. The van der Waals surface area contributed by atoms with Crippen molar-refractivity contribution in [2.75, 3.05) is 33.2 Å². The maximum Gasteiger partial charge on any atom is 0.235 e. The maximum atomic E-state index is 12.8. The highest BCUT2D eigenvalue weighted by molar-refractivity contribution is 8.00. The molecule has 0 bridgehead atoms. The van der Waals surface area contributed by atoms with E-state index in [0.717, 1.165) is 25.9 Å². The predicted molar refractivity (Wildman–Crippen MR) is 109 cm³/mol. The summed E-state index contributed by atoms with van der Waals surface area (Å²) >= 11 is 1.32. The fraction of sp³-hybridized carbons (Fsp3) is 0.526. The van der Waals surface area contributed by atoms with Crippen molar-refractivity contribution in [1.82, 2.24) is 19.8 Å². The Morgan fingerprint density at radius 3 is 2.50 bits per heavy atom. The Labute approximate surface area is 169 Å². The third kappa shape index (κ3) is 4.35. The van der Waals surface area contributed by atoms with Crippen molar-refractivity contribution in [3.63, 3.8) is 0 Å². The topological polar surface area (TPSA) is 95.5 Å². The molecule has 2 N–H and O–H groups in total. The van der Waals surface area contributed by atoms with Crippen LogP contribution in [0.1, 0.15) is 32.6 Å². The van der Waals surface area contributed by atoms with E-state index < -0.39 is 0 Å². The van der Waals surface area contributed by atoms with Crippen LogP contribution in [0.3, 0.4) is 0 Å². The lowest BCUT2D eigenvalue weighted by atomic mass is 10.2. The number of nitrogens with two attached hydrogens (primary N) is 1. The van der Waals surface area contributed by atoms with Gasteiger partial charge in [0.05, 0.1) is 25.0 Å². The number of nitrogen functional groups attached to an aromatic ring is 1. The quantitative estimate of drug-likeness (QED) is 0.583. The Hall–Kier alpha value is -2.42. The molecule has 0 saturated carbocycles. The predicted octanol–water partition coefficient (Wildman–Crippen LogP) is 2.56. The minimum Gasteiger partial charge on any atom is -0.497 e. The van der Waals surface area contributed by atoms with Gasteiger partial charge in [0.1, 0.15) is 11.5 Å². The number of hydrogen-bond donors (Lipinski definition) is 1. The number of aromatic nitrogens is 3. The molecule has 1 aliphatic rings. The van der Waals surface area contributed by atoms with Gasteiger partial charge in [0.15, 0.2) is 5.82 Å². The fourth-order valence-electron chi connectivity index (χ4n) is 3.28. The van der Waals surface area contributed by atoms with Crippen molar-refractivity contribution in [2.24, 2.45) is 0 Å². The molecule has 0 unspecified atom stereocenters. The Morgan fingerprint density at radius 2 is 1.86 bits per heavy atom. The summed E-state index contributed by atoms with van der Waals surface area (Å²) in [5.74, 6) is 8.10. The number of likely N-dealkylation sites (tertiary alicyclic amines) is 1. The van der Waals surface area contributed by atoms with Gasteiger partial charge in [-0.15, -0.1) is 10.2 Å². The first kappa shape index (κ1) is 20.3. The third-order valence-electron chi connectivity index (χ3n) is 4.86. The Balaban J connectivity index is 1.77. The molecule has 0 spiro atoms. The molecule has 152 valence electrons. The van der Waals surface area contributed by atoms with E-state index in [1.54, 1.807) is 20.3 Å². The van der Waals surface area contributed by atoms with Crippen molar-refractivity contribution in [3.05, 3.63) is 18.2 Å². The van der Waals surface area contributed by atoms with Crippen LogP contribution in [0.25, 0.3) is 11.4 Å². The van der Waals surface area contributed by atoms with Gasteiger partial charge in [0.2, 0.25) is 11.1 Å². The van der Waals surface area contributed by atoms with E-state index in [2.05, 4.69) is 10.2 Å². The van der Waals surface area contributed by atoms with E-state index in [-0.39, 0.29) is 11.2 Å². The molecule has 9 heteroatoms. The summed E-state index contributed by atoms with van der Waals surface area (Å²) in [4.78, 5) is 14.7. The van der Waals surface area contributed by atoms with Crippen LogP contribution in [-0.4, -0.2) is 58.2 Å². The molecule has 1 fully saturated rings. The van der Waals surface area contributed by atoms with Gasteiger partial charge in [-0.25, -0.2) is 4.68 Å². The molecule has 1 aliphatic heterocycles. The number of methoxy groups -OCH3 is 2. The van der Waals surface area contributed by atoms with E-state index in [1.807, 2.05) is 24.0 Å². The summed E-state index contributed by atoms with van der Waals surface area (Å²) < 4.78 is 12.1. The van der Waals surface area contributed by atoms with Crippen molar-refractivity contribution in [1.29, 1.82) is 0 Å². The lowest BCUT2D eigenvalue weighted by Gasteiger charge is -2.23. The zero-order chi connectivity index (χ0) is 20.1. The number of rotatable bonds is 6. The minimum atomic E-state index is -0.282. The maximum absolute atomic E-state index is 12.8. The van der Waals surface area contributed by atoms with Gasteiger partial charge in [-0.3, -0.25) is 4.79 Å². The second-order valence-electron chi connectivity index (χ2n) is 6.74. The highest BCUT2D eigenvalue weighted by Gasteiger charge is 2.25. The smallest absolute Gasteiger partial charge is 0.235 e. The highest BCUT2D eigenvalue weighted by Crippen LogP contribution is 2.33. The minimum absolute atomic E-state index is 0.124. The summed E-state index contributed by atoms with van der Waals surface area (Å²) in [6, 6.07) is 5.40. The van der Waals surface area contributed by atoms with Crippen molar-refractivity contribution in [3.8, 4) is 22.9 Å². The zero-order valence-electron chi connectivity index (χ0n) is 16.6. The van der Waals surface area contributed by atoms with Gasteiger partial charge in [-0.05, 0) is 31.9 Å². The molecule has 1 saturated heterocycles.